The second kappa shape index (κ2) is 7.25. The third-order valence-corrected chi connectivity index (χ3v) is 5.64. The summed E-state index contributed by atoms with van der Waals surface area (Å²) in [6.45, 7) is 2.03. The van der Waals surface area contributed by atoms with Gasteiger partial charge in [0.2, 0.25) is 0 Å². The first-order chi connectivity index (χ1) is 9.18. The smallest absolute Gasteiger partial charge is 0.109 e. The van der Waals surface area contributed by atoms with Gasteiger partial charge in [-0.15, -0.1) is 0 Å². The summed E-state index contributed by atoms with van der Waals surface area (Å²) in [6.07, 6.45) is 8.24. The molecule has 0 bridgehead atoms. The topological polar surface area (TPSA) is 17.1 Å². The Bertz CT molecular complexity index is 466. The van der Waals surface area contributed by atoms with Crippen molar-refractivity contribution in [1.82, 2.24) is 0 Å². The normalized spacial score (nSPS) is 18.5. The van der Waals surface area contributed by atoms with Crippen molar-refractivity contribution < 1.29 is 4.21 Å². The fourth-order valence-corrected chi connectivity index (χ4v) is 3.94. The number of halogens is 1. The Kier molecular flexibility index (Phi) is 5.65. The van der Waals surface area contributed by atoms with Gasteiger partial charge in [0, 0.05) is 4.90 Å². The van der Waals surface area contributed by atoms with Gasteiger partial charge in [0.15, 0.2) is 0 Å². The van der Waals surface area contributed by atoms with Crippen LogP contribution in [-0.4, -0.2) is 4.21 Å². The van der Waals surface area contributed by atoms with Crippen molar-refractivity contribution in [3.05, 3.63) is 39.8 Å². The molecule has 0 N–H and O–H groups in total. The molecule has 0 aliphatic heterocycles. The second-order valence-corrected chi connectivity index (χ2v) is 7.25. The highest BCUT2D eigenvalue weighted by molar-refractivity contribution is 7.90. The molecule has 1 aromatic rings. The summed E-state index contributed by atoms with van der Waals surface area (Å²) in [4.78, 5) is 0.810. The van der Waals surface area contributed by atoms with Gasteiger partial charge in [0.25, 0.3) is 0 Å². The van der Waals surface area contributed by atoms with Crippen LogP contribution in [0.25, 0.3) is 0 Å². The maximum atomic E-state index is 12.5. The minimum atomic E-state index is -1.20. The van der Waals surface area contributed by atoms with Gasteiger partial charge >= 0.3 is 0 Å². The highest BCUT2D eigenvalue weighted by Crippen LogP contribution is 2.30. The fourth-order valence-electron chi connectivity index (χ4n) is 2.43. The van der Waals surface area contributed by atoms with Crippen molar-refractivity contribution in [3.63, 3.8) is 0 Å². The first kappa shape index (κ1) is 14.8. The van der Waals surface area contributed by atoms with Gasteiger partial charge in [0.1, 0.15) is 4.36 Å². The van der Waals surface area contributed by atoms with E-state index in [-0.39, 0.29) is 0 Å². The summed E-state index contributed by atoms with van der Waals surface area (Å²) in [5.41, 5.74) is 2.38. The Morgan fingerprint density at radius 3 is 2.11 bits per heavy atom. The van der Waals surface area contributed by atoms with E-state index in [4.69, 9.17) is 11.6 Å². The van der Waals surface area contributed by atoms with Gasteiger partial charge in [0.05, 0.1) is 10.8 Å². The molecule has 0 heterocycles. The monoisotopic (exact) mass is 296 g/mol. The van der Waals surface area contributed by atoms with E-state index in [1.54, 1.807) is 0 Å². The van der Waals surface area contributed by atoms with Gasteiger partial charge in [-0.25, -0.2) is 4.21 Å². The molecule has 0 aromatic heterocycles. The molecule has 3 heteroatoms. The number of hydrogen-bond acceptors (Lipinski definition) is 1. The Balaban J connectivity index is 2.18. The summed E-state index contributed by atoms with van der Waals surface area (Å²) >= 11 is 6.39. The molecule has 1 saturated carbocycles. The van der Waals surface area contributed by atoms with Crippen LogP contribution in [-0.2, 0) is 10.8 Å². The standard InChI is InChI=1S/C16H21ClOS/c1-13-9-11-15(12-10-13)19(18)16(17)14-7-5-3-2-4-6-8-14/h9-12H,2-8H2,1H3. The molecule has 2 rings (SSSR count). The van der Waals surface area contributed by atoms with E-state index in [1.807, 2.05) is 31.2 Å². The van der Waals surface area contributed by atoms with E-state index in [0.29, 0.717) is 4.36 Å². The van der Waals surface area contributed by atoms with Crippen LogP contribution in [0.2, 0.25) is 0 Å². The van der Waals surface area contributed by atoms with Crippen LogP contribution >= 0.6 is 11.6 Å². The van der Waals surface area contributed by atoms with Crippen molar-refractivity contribution in [1.29, 1.82) is 0 Å². The third-order valence-electron chi connectivity index (χ3n) is 3.63. The summed E-state index contributed by atoms with van der Waals surface area (Å²) in [7, 11) is -1.20. The first-order valence-corrected chi connectivity index (χ1v) is 8.57. The fraction of sp³-hybridized carbons (Fsp3) is 0.500. The second-order valence-electron chi connectivity index (χ2n) is 5.23. The Morgan fingerprint density at radius 2 is 1.53 bits per heavy atom. The van der Waals surface area contributed by atoms with Crippen LogP contribution in [0.15, 0.2) is 39.1 Å². The third kappa shape index (κ3) is 4.19. The van der Waals surface area contributed by atoms with Gasteiger partial charge in [-0.1, -0.05) is 48.6 Å². The number of aryl methyl sites for hydroxylation is 1. The van der Waals surface area contributed by atoms with Crippen LogP contribution in [0, 0.1) is 6.92 Å². The maximum absolute atomic E-state index is 12.5. The van der Waals surface area contributed by atoms with E-state index in [1.165, 1.54) is 43.2 Å². The number of hydrogen-bond donors (Lipinski definition) is 0. The first-order valence-electron chi connectivity index (χ1n) is 7.04. The molecule has 1 aliphatic rings. The zero-order valence-corrected chi connectivity index (χ0v) is 13.0. The van der Waals surface area contributed by atoms with Gasteiger partial charge in [-0.3, -0.25) is 0 Å². The molecule has 19 heavy (non-hydrogen) atoms. The van der Waals surface area contributed by atoms with Gasteiger partial charge in [-0.05, 0) is 50.3 Å². The molecule has 1 aliphatic carbocycles. The predicted molar refractivity (Wildman–Crippen MR) is 82.8 cm³/mol. The van der Waals surface area contributed by atoms with E-state index >= 15 is 0 Å². The lowest BCUT2D eigenvalue weighted by Crippen LogP contribution is -1.99. The van der Waals surface area contributed by atoms with Crippen molar-refractivity contribution >= 4 is 22.4 Å². The molecule has 1 fully saturated rings. The number of rotatable bonds is 2. The van der Waals surface area contributed by atoms with Crippen molar-refractivity contribution in [2.24, 2.45) is 0 Å². The van der Waals surface area contributed by atoms with Crippen molar-refractivity contribution in [2.75, 3.05) is 0 Å². The lowest BCUT2D eigenvalue weighted by atomic mass is 9.97. The van der Waals surface area contributed by atoms with Crippen LogP contribution in [0.3, 0.4) is 0 Å². The summed E-state index contributed by atoms with van der Waals surface area (Å²) in [6, 6.07) is 7.80. The van der Waals surface area contributed by atoms with E-state index in [9.17, 15) is 4.21 Å². The molecule has 1 atom stereocenters. The minimum Gasteiger partial charge on any atom is -0.248 e. The summed E-state index contributed by atoms with van der Waals surface area (Å²) in [5, 5.41) is 0. The van der Waals surface area contributed by atoms with Crippen molar-refractivity contribution in [2.45, 2.75) is 56.8 Å². The van der Waals surface area contributed by atoms with E-state index in [2.05, 4.69) is 0 Å². The highest BCUT2D eigenvalue weighted by atomic mass is 35.5. The predicted octanol–water partition coefficient (Wildman–Crippen LogP) is 5.30. The minimum absolute atomic E-state index is 0.575. The molecule has 0 spiro atoms. The highest BCUT2D eigenvalue weighted by Gasteiger charge is 2.14. The molecule has 104 valence electrons. The zero-order chi connectivity index (χ0) is 13.7. The molecular weight excluding hydrogens is 276 g/mol. The average Bonchev–Trinajstić information content (AvgIpc) is 2.38. The molecular formula is C16H21ClOS. The van der Waals surface area contributed by atoms with Crippen molar-refractivity contribution in [3.8, 4) is 0 Å². The average molecular weight is 297 g/mol. The maximum Gasteiger partial charge on any atom is 0.109 e. The SMILES string of the molecule is Cc1ccc(S(=O)C(Cl)=C2CCCCCCC2)cc1. The molecule has 0 amide bonds. The van der Waals surface area contributed by atoms with Crippen LogP contribution in [0.5, 0.6) is 0 Å². The van der Waals surface area contributed by atoms with Gasteiger partial charge in [-0.2, -0.15) is 0 Å². The molecule has 1 nitrogen and oxygen atoms in total. The summed E-state index contributed by atoms with van der Waals surface area (Å²) < 4.78 is 13.0. The molecule has 0 saturated heterocycles. The number of allylic oxidation sites excluding steroid dienone is 1. The largest absolute Gasteiger partial charge is 0.248 e. The summed E-state index contributed by atoms with van der Waals surface area (Å²) in [5.74, 6) is 0. The molecule has 1 aromatic carbocycles. The molecule has 1 unspecified atom stereocenters. The van der Waals surface area contributed by atoms with Crippen LogP contribution in [0.4, 0.5) is 0 Å². The number of benzene rings is 1. The van der Waals surface area contributed by atoms with Crippen LogP contribution < -0.4 is 0 Å². The van der Waals surface area contributed by atoms with Crippen LogP contribution in [0.1, 0.15) is 50.5 Å². The molecule has 0 radical (unpaired) electrons. The Labute approximate surface area is 123 Å². The van der Waals surface area contributed by atoms with E-state index in [0.717, 1.165) is 17.7 Å². The zero-order valence-electron chi connectivity index (χ0n) is 11.5. The Morgan fingerprint density at radius 1 is 1.00 bits per heavy atom. The Hall–Kier alpha value is -0.600. The lowest BCUT2D eigenvalue weighted by Gasteiger charge is -2.14. The van der Waals surface area contributed by atoms with Gasteiger partial charge < -0.3 is 0 Å². The van der Waals surface area contributed by atoms with E-state index < -0.39 is 10.8 Å². The lowest BCUT2D eigenvalue weighted by molar-refractivity contribution is 0.568. The quantitative estimate of drug-likeness (QED) is 0.724.